The van der Waals surface area contributed by atoms with Gasteiger partial charge in [0.2, 0.25) is 5.82 Å². The van der Waals surface area contributed by atoms with Crippen molar-refractivity contribution in [1.82, 2.24) is 20.2 Å². The molecule has 0 spiro atoms. The van der Waals surface area contributed by atoms with E-state index in [0.717, 1.165) is 11.3 Å². The van der Waals surface area contributed by atoms with E-state index in [1.165, 1.54) is 4.80 Å². The lowest BCUT2D eigenvalue weighted by Gasteiger charge is -2.20. The number of carbonyl (C=O) groups is 1. The highest BCUT2D eigenvalue weighted by molar-refractivity contribution is 5.92. The average Bonchev–Trinajstić information content (AvgIpc) is 3.12. The quantitative estimate of drug-likeness (QED) is 0.690. The van der Waals surface area contributed by atoms with Crippen molar-refractivity contribution in [1.29, 1.82) is 0 Å². The SMILES string of the molecule is CCN(C(=O)Cn1nnc(-c2cccc(OC)c2)n1)c1ccccc1. The first-order valence-corrected chi connectivity index (χ1v) is 7.99. The van der Waals surface area contributed by atoms with Gasteiger partial charge in [-0.1, -0.05) is 30.3 Å². The number of hydrogen-bond acceptors (Lipinski definition) is 5. The monoisotopic (exact) mass is 337 g/mol. The number of carbonyl (C=O) groups excluding carboxylic acids is 1. The van der Waals surface area contributed by atoms with Gasteiger partial charge in [-0.2, -0.15) is 4.80 Å². The number of amides is 1. The zero-order valence-corrected chi connectivity index (χ0v) is 14.2. The van der Waals surface area contributed by atoms with Crippen LogP contribution >= 0.6 is 0 Å². The summed E-state index contributed by atoms with van der Waals surface area (Å²) in [6.07, 6.45) is 0. The molecule has 1 heterocycles. The van der Waals surface area contributed by atoms with E-state index in [2.05, 4.69) is 15.4 Å². The Kier molecular flexibility index (Phi) is 5.03. The van der Waals surface area contributed by atoms with Crippen molar-refractivity contribution in [3.8, 4) is 17.1 Å². The number of anilines is 1. The maximum atomic E-state index is 12.6. The lowest BCUT2D eigenvalue weighted by molar-refractivity contribution is -0.119. The van der Waals surface area contributed by atoms with E-state index in [1.807, 2.05) is 61.5 Å². The van der Waals surface area contributed by atoms with Crippen LogP contribution in [0.5, 0.6) is 5.75 Å². The van der Waals surface area contributed by atoms with E-state index in [9.17, 15) is 4.79 Å². The zero-order chi connectivity index (χ0) is 17.6. The minimum atomic E-state index is -0.0942. The van der Waals surface area contributed by atoms with Crippen molar-refractivity contribution < 1.29 is 9.53 Å². The summed E-state index contributed by atoms with van der Waals surface area (Å²) in [6, 6.07) is 16.9. The van der Waals surface area contributed by atoms with Crippen LogP contribution in [-0.4, -0.2) is 39.8 Å². The number of tetrazole rings is 1. The molecule has 7 heteroatoms. The predicted molar refractivity (Wildman–Crippen MR) is 94.3 cm³/mol. The minimum absolute atomic E-state index is 0.0275. The van der Waals surface area contributed by atoms with E-state index < -0.39 is 0 Å². The van der Waals surface area contributed by atoms with Crippen LogP contribution in [0.3, 0.4) is 0 Å². The van der Waals surface area contributed by atoms with Crippen LogP contribution in [0.15, 0.2) is 54.6 Å². The van der Waals surface area contributed by atoms with Crippen molar-refractivity contribution in [3.63, 3.8) is 0 Å². The Labute approximate surface area is 145 Å². The second kappa shape index (κ2) is 7.57. The van der Waals surface area contributed by atoms with Gasteiger partial charge in [-0.3, -0.25) is 4.79 Å². The first-order valence-electron chi connectivity index (χ1n) is 7.99. The molecule has 3 rings (SSSR count). The van der Waals surface area contributed by atoms with Crippen LogP contribution in [0.4, 0.5) is 5.69 Å². The van der Waals surface area contributed by atoms with Crippen LogP contribution in [0.2, 0.25) is 0 Å². The zero-order valence-electron chi connectivity index (χ0n) is 14.2. The maximum absolute atomic E-state index is 12.6. The van der Waals surface area contributed by atoms with Crippen LogP contribution < -0.4 is 9.64 Å². The Bertz CT molecular complexity index is 847. The van der Waals surface area contributed by atoms with Gasteiger partial charge in [-0.25, -0.2) is 0 Å². The van der Waals surface area contributed by atoms with Crippen molar-refractivity contribution in [2.24, 2.45) is 0 Å². The van der Waals surface area contributed by atoms with E-state index in [0.29, 0.717) is 18.1 Å². The fraction of sp³-hybridized carbons (Fsp3) is 0.222. The van der Waals surface area contributed by atoms with E-state index in [-0.39, 0.29) is 12.5 Å². The van der Waals surface area contributed by atoms with Gasteiger partial charge in [-0.05, 0) is 36.4 Å². The highest BCUT2D eigenvalue weighted by Gasteiger charge is 2.16. The van der Waals surface area contributed by atoms with Crippen molar-refractivity contribution >= 4 is 11.6 Å². The number of para-hydroxylation sites is 1. The molecule has 2 aromatic carbocycles. The third kappa shape index (κ3) is 3.82. The number of hydrogen-bond donors (Lipinski definition) is 0. The largest absolute Gasteiger partial charge is 0.497 e. The molecule has 3 aromatic rings. The molecule has 0 saturated carbocycles. The Balaban J connectivity index is 1.75. The molecule has 0 aliphatic heterocycles. The third-order valence-corrected chi connectivity index (χ3v) is 3.74. The first-order chi connectivity index (χ1) is 12.2. The molecule has 1 aromatic heterocycles. The van der Waals surface area contributed by atoms with Crippen LogP contribution in [0.25, 0.3) is 11.4 Å². The van der Waals surface area contributed by atoms with Gasteiger partial charge >= 0.3 is 0 Å². The summed E-state index contributed by atoms with van der Waals surface area (Å²) >= 11 is 0. The summed E-state index contributed by atoms with van der Waals surface area (Å²) in [7, 11) is 1.60. The third-order valence-electron chi connectivity index (χ3n) is 3.74. The molecule has 0 N–H and O–H groups in total. The van der Waals surface area contributed by atoms with Crippen LogP contribution in [-0.2, 0) is 11.3 Å². The Morgan fingerprint density at radius 3 is 2.68 bits per heavy atom. The second-order valence-corrected chi connectivity index (χ2v) is 5.35. The van der Waals surface area contributed by atoms with Crippen molar-refractivity contribution in [2.45, 2.75) is 13.5 Å². The number of aromatic nitrogens is 4. The van der Waals surface area contributed by atoms with Gasteiger partial charge in [0.15, 0.2) is 0 Å². The first kappa shape index (κ1) is 16.6. The number of nitrogens with zero attached hydrogens (tertiary/aromatic N) is 5. The topological polar surface area (TPSA) is 73.1 Å². The number of methoxy groups -OCH3 is 1. The molecule has 0 radical (unpaired) electrons. The molecule has 0 saturated heterocycles. The van der Waals surface area contributed by atoms with Gasteiger partial charge in [-0.15, -0.1) is 10.2 Å². The van der Waals surface area contributed by atoms with Crippen molar-refractivity contribution in [2.75, 3.05) is 18.6 Å². The smallest absolute Gasteiger partial charge is 0.250 e. The summed E-state index contributed by atoms with van der Waals surface area (Å²) in [5.74, 6) is 1.07. The summed E-state index contributed by atoms with van der Waals surface area (Å²) < 4.78 is 5.20. The summed E-state index contributed by atoms with van der Waals surface area (Å²) in [5.41, 5.74) is 1.64. The Morgan fingerprint density at radius 2 is 1.96 bits per heavy atom. The van der Waals surface area contributed by atoms with Crippen LogP contribution in [0.1, 0.15) is 6.92 Å². The molecule has 1 amide bonds. The number of likely N-dealkylation sites (N-methyl/N-ethyl adjacent to an activating group) is 1. The predicted octanol–water partition coefficient (Wildman–Crippen LogP) is 2.40. The molecule has 0 fully saturated rings. The summed E-state index contributed by atoms with van der Waals surface area (Å²) in [6.45, 7) is 2.53. The van der Waals surface area contributed by atoms with E-state index in [1.54, 1.807) is 12.0 Å². The molecule has 7 nitrogen and oxygen atoms in total. The lowest BCUT2D eigenvalue weighted by Crippen LogP contribution is -2.34. The Morgan fingerprint density at radius 1 is 1.16 bits per heavy atom. The normalized spacial score (nSPS) is 10.5. The average molecular weight is 337 g/mol. The minimum Gasteiger partial charge on any atom is -0.497 e. The number of benzene rings is 2. The van der Waals surface area contributed by atoms with E-state index in [4.69, 9.17) is 4.74 Å². The molecule has 128 valence electrons. The van der Waals surface area contributed by atoms with Gasteiger partial charge < -0.3 is 9.64 Å². The fourth-order valence-electron chi connectivity index (χ4n) is 2.51. The second-order valence-electron chi connectivity index (χ2n) is 5.35. The van der Waals surface area contributed by atoms with Crippen molar-refractivity contribution in [3.05, 3.63) is 54.6 Å². The molecule has 0 aliphatic carbocycles. The summed E-state index contributed by atoms with van der Waals surface area (Å²) in [4.78, 5) is 15.6. The lowest BCUT2D eigenvalue weighted by atomic mass is 10.2. The molecular weight excluding hydrogens is 318 g/mol. The molecular formula is C18H19N5O2. The van der Waals surface area contributed by atoms with Gasteiger partial charge in [0, 0.05) is 17.8 Å². The standard InChI is InChI=1S/C18H19N5O2/c1-3-22(15-9-5-4-6-10-15)17(24)13-23-20-18(19-21-23)14-8-7-11-16(12-14)25-2/h4-12H,3,13H2,1-2H3. The highest BCUT2D eigenvalue weighted by Crippen LogP contribution is 2.20. The molecule has 0 unspecified atom stereocenters. The molecule has 0 aliphatic rings. The van der Waals surface area contributed by atoms with Gasteiger partial charge in [0.05, 0.1) is 7.11 Å². The van der Waals surface area contributed by atoms with Crippen LogP contribution in [0, 0.1) is 0 Å². The fourth-order valence-corrected chi connectivity index (χ4v) is 2.51. The Hall–Kier alpha value is -3.22. The van der Waals surface area contributed by atoms with E-state index >= 15 is 0 Å². The highest BCUT2D eigenvalue weighted by atomic mass is 16.5. The molecule has 25 heavy (non-hydrogen) atoms. The van der Waals surface area contributed by atoms with Gasteiger partial charge in [0.1, 0.15) is 12.3 Å². The number of ether oxygens (including phenoxy) is 1. The molecule has 0 atom stereocenters. The maximum Gasteiger partial charge on any atom is 0.250 e. The summed E-state index contributed by atoms with van der Waals surface area (Å²) in [5, 5.41) is 12.3. The molecule has 0 bridgehead atoms. The van der Waals surface area contributed by atoms with Gasteiger partial charge in [0.25, 0.3) is 5.91 Å². The number of rotatable bonds is 6.